The highest BCUT2D eigenvalue weighted by atomic mass is 35.5. The molecule has 0 aliphatic heterocycles. The molecule has 1 atom stereocenters. The van der Waals surface area contributed by atoms with Gasteiger partial charge in [-0.05, 0) is 36.8 Å². The van der Waals surface area contributed by atoms with Gasteiger partial charge in [-0.3, -0.25) is 0 Å². The van der Waals surface area contributed by atoms with Crippen molar-refractivity contribution in [2.45, 2.75) is 12.5 Å². The molecule has 0 aromatic heterocycles. The lowest BCUT2D eigenvalue weighted by atomic mass is 9.93. The van der Waals surface area contributed by atoms with Crippen molar-refractivity contribution < 1.29 is 4.74 Å². The summed E-state index contributed by atoms with van der Waals surface area (Å²) in [6, 6.07) is 17.0. The van der Waals surface area contributed by atoms with Crippen LogP contribution in [0.4, 0.5) is 5.69 Å². The zero-order valence-corrected chi connectivity index (χ0v) is 12.1. The number of rotatable bonds is 4. The van der Waals surface area contributed by atoms with Gasteiger partial charge in [0.1, 0.15) is 11.3 Å². The first kappa shape index (κ1) is 14.2. The molecule has 1 unspecified atom stereocenters. The Hall–Kier alpha value is -2.18. The molecule has 3 nitrogen and oxygen atoms in total. The third-order valence-electron chi connectivity index (χ3n) is 3.11. The lowest BCUT2D eigenvalue weighted by molar-refractivity contribution is 0.415. The number of anilines is 1. The van der Waals surface area contributed by atoms with E-state index in [0.29, 0.717) is 5.02 Å². The van der Waals surface area contributed by atoms with Crippen LogP contribution < -0.4 is 10.1 Å². The molecule has 0 radical (unpaired) electrons. The minimum Gasteiger partial charge on any atom is -0.497 e. The summed E-state index contributed by atoms with van der Waals surface area (Å²) in [7, 11) is 1.61. The van der Waals surface area contributed by atoms with Crippen LogP contribution in [0.15, 0.2) is 48.5 Å². The fraction of sp³-hybridized carbons (Fsp3) is 0.188. The fourth-order valence-electron chi connectivity index (χ4n) is 1.94. The highest BCUT2D eigenvalue weighted by Crippen LogP contribution is 2.28. The Balaban J connectivity index is 2.31. The number of nitrogens with zero attached hydrogens (tertiary/aromatic N) is 1. The predicted octanol–water partition coefficient (Wildman–Crippen LogP) is 4.20. The summed E-state index contributed by atoms with van der Waals surface area (Å²) in [5, 5.41) is 13.4. The summed E-state index contributed by atoms with van der Waals surface area (Å²) in [5.74, 6) is 0.742. The SMILES string of the molecule is COc1cccc(NC(C)(C#N)c2ccc(Cl)cc2)c1. The summed E-state index contributed by atoms with van der Waals surface area (Å²) in [6.45, 7) is 1.83. The topological polar surface area (TPSA) is 45.0 Å². The number of benzene rings is 2. The third kappa shape index (κ3) is 3.04. The Morgan fingerprint density at radius 3 is 2.50 bits per heavy atom. The highest BCUT2D eigenvalue weighted by Gasteiger charge is 2.26. The molecule has 2 aromatic carbocycles. The molecule has 0 heterocycles. The molecule has 1 N–H and O–H groups in total. The second-order valence-corrected chi connectivity index (χ2v) is 5.04. The summed E-state index contributed by atoms with van der Waals surface area (Å²) in [4.78, 5) is 0. The van der Waals surface area contributed by atoms with E-state index in [1.54, 1.807) is 19.2 Å². The molecule has 0 bridgehead atoms. The lowest BCUT2D eigenvalue weighted by Crippen LogP contribution is -2.29. The second-order valence-electron chi connectivity index (χ2n) is 4.60. The number of ether oxygens (including phenoxy) is 1. The van der Waals surface area contributed by atoms with Crippen molar-refractivity contribution in [3.8, 4) is 11.8 Å². The summed E-state index contributed by atoms with van der Waals surface area (Å²) in [5.41, 5.74) is 0.840. The van der Waals surface area contributed by atoms with Crippen molar-refractivity contribution in [1.29, 1.82) is 5.26 Å². The van der Waals surface area contributed by atoms with Gasteiger partial charge >= 0.3 is 0 Å². The summed E-state index contributed by atoms with van der Waals surface area (Å²) in [6.07, 6.45) is 0. The van der Waals surface area contributed by atoms with Crippen LogP contribution in [0.3, 0.4) is 0 Å². The van der Waals surface area contributed by atoms with E-state index in [9.17, 15) is 5.26 Å². The maximum atomic E-state index is 9.52. The average molecular weight is 287 g/mol. The molecule has 0 aliphatic carbocycles. The molecular formula is C16H15ClN2O. The van der Waals surface area contributed by atoms with Gasteiger partial charge in [-0.25, -0.2) is 0 Å². The number of nitriles is 1. The van der Waals surface area contributed by atoms with E-state index in [0.717, 1.165) is 17.0 Å². The molecule has 0 spiro atoms. The Morgan fingerprint density at radius 2 is 1.90 bits per heavy atom. The van der Waals surface area contributed by atoms with Crippen molar-refractivity contribution >= 4 is 17.3 Å². The standard InChI is InChI=1S/C16H15ClN2O/c1-16(11-18,12-6-8-13(17)9-7-12)19-14-4-3-5-15(10-14)20-2/h3-10,19H,1-2H3. The first-order chi connectivity index (χ1) is 9.57. The third-order valence-corrected chi connectivity index (χ3v) is 3.36. The van der Waals surface area contributed by atoms with E-state index in [1.807, 2.05) is 43.3 Å². The van der Waals surface area contributed by atoms with Gasteiger partial charge in [0.05, 0.1) is 13.2 Å². The number of methoxy groups -OCH3 is 1. The molecule has 0 fully saturated rings. The van der Waals surface area contributed by atoms with Crippen LogP contribution in [-0.4, -0.2) is 7.11 Å². The monoisotopic (exact) mass is 286 g/mol. The van der Waals surface area contributed by atoms with Gasteiger partial charge in [-0.2, -0.15) is 5.26 Å². The number of hydrogen-bond acceptors (Lipinski definition) is 3. The van der Waals surface area contributed by atoms with Crippen molar-refractivity contribution in [1.82, 2.24) is 0 Å². The molecule has 20 heavy (non-hydrogen) atoms. The van der Waals surface area contributed by atoms with Crippen molar-refractivity contribution in [3.63, 3.8) is 0 Å². The Bertz CT molecular complexity index is 634. The molecule has 2 aromatic rings. The van der Waals surface area contributed by atoms with Crippen LogP contribution in [0.5, 0.6) is 5.75 Å². The minimum absolute atomic E-state index is 0.649. The van der Waals surface area contributed by atoms with E-state index < -0.39 is 5.54 Å². The number of halogens is 1. The van der Waals surface area contributed by atoms with Crippen LogP contribution in [0, 0.1) is 11.3 Å². The lowest BCUT2D eigenvalue weighted by Gasteiger charge is -2.25. The van der Waals surface area contributed by atoms with Gasteiger partial charge in [0.15, 0.2) is 0 Å². The smallest absolute Gasteiger partial charge is 0.148 e. The Morgan fingerprint density at radius 1 is 1.20 bits per heavy atom. The zero-order chi connectivity index (χ0) is 14.6. The predicted molar refractivity (Wildman–Crippen MR) is 81.0 cm³/mol. The molecule has 0 saturated carbocycles. The fourth-order valence-corrected chi connectivity index (χ4v) is 2.06. The summed E-state index contributed by atoms with van der Waals surface area (Å²) < 4.78 is 5.18. The molecule has 0 amide bonds. The maximum absolute atomic E-state index is 9.52. The molecule has 0 aliphatic rings. The van der Waals surface area contributed by atoms with Crippen LogP contribution in [0.25, 0.3) is 0 Å². The quantitative estimate of drug-likeness (QED) is 0.916. The normalized spacial score (nSPS) is 13.1. The molecular weight excluding hydrogens is 272 g/mol. The first-order valence-corrected chi connectivity index (χ1v) is 6.55. The largest absolute Gasteiger partial charge is 0.497 e. The maximum Gasteiger partial charge on any atom is 0.148 e. The number of nitrogens with one attached hydrogen (secondary N) is 1. The van der Waals surface area contributed by atoms with Crippen molar-refractivity contribution in [2.75, 3.05) is 12.4 Å². The van der Waals surface area contributed by atoms with Gasteiger partial charge in [0.25, 0.3) is 0 Å². The second kappa shape index (κ2) is 5.85. The van der Waals surface area contributed by atoms with E-state index in [1.165, 1.54) is 0 Å². The minimum atomic E-state index is -0.836. The van der Waals surface area contributed by atoms with Gasteiger partial charge in [-0.15, -0.1) is 0 Å². The number of hydrogen-bond donors (Lipinski definition) is 1. The zero-order valence-electron chi connectivity index (χ0n) is 11.4. The van der Waals surface area contributed by atoms with Gasteiger partial charge in [-0.1, -0.05) is 29.8 Å². The molecule has 102 valence electrons. The highest BCUT2D eigenvalue weighted by molar-refractivity contribution is 6.30. The van der Waals surface area contributed by atoms with E-state index in [4.69, 9.17) is 16.3 Å². The summed E-state index contributed by atoms with van der Waals surface area (Å²) >= 11 is 5.88. The van der Waals surface area contributed by atoms with Gasteiger partial charge in [0, 0.05) is 16.8 Å². The first-order valence-electron chi connectivity index (χ1n) is 6.17. The Kier molecular flexibility index (Phi) is 4.16. The van der Waals surface area contributed by atoms with E-state index in [2.05, 4.69) is 11.4 Å². The van der Waals surface area contributed by atoms with Crippen molar-refractivity contribution in [3.05, 3.63) is 59.1 Å². The molecule has 0 saturated heterocycles. The van der Waals surface area contributed by atoms with E-state index >= 15 is 0 Å². The van der Waals surface area contributed by atoms with Crippen molar-refractivity contribution in [2.24, 2.45) is 0 Å². The van der Waals surface area contributed by atoms with Gasteiger partial charge in [0.2, 0.25) is 0 Å². The van der Waals surface area contributed by atoms with Gasteiger partial charge < -0.3 is 10.1 Å². The van der Waals surface area contributed by atoms with Crippen LogP contribution in [0.1, 0.15) is 12.5 Å². The molecule has 4 heteroatoms. The average Bonchev–Trinajstić information content (AvgIpc) is 2.48. The van der Waals surface area contributed by atoms with Crippen LogP contribution >= 0.6 is 11.6 Å². The van der Waals surface area contributed by atoms with E-state index in [-0.39, 0.29) is 0 Å². The van der Waals surface area contributed by atoms with Crippen LogP contribution in [-0.2, 0) is 5.54 Å². The van der Waals surface area contributed by atoms with Crippen LogP contribution in [0.2, 0.25) is 5.02 Å². The Labute approximate surface area is 123 Å². The molecule has 2 rings (SSSR count).